The standard InChI is InChI=1S/C21H33N5O2.HI/c1-3-23-21(25-14-12-19(27)26-18-9-4-5-10-18)24-13-11-16-7-6-8-17(15-16)20(28)22-2;/h6-8,15,18H,3-5,9-14H2,1-2H3,(H,22,28)(H,26,27)(H2,23,24,25);1H. The van der Waals surface area contributed by atoms with Crippen molar-refractivity contribution >= 4 is 41.8 Å². The molecular weight excluding hydrogens is 481 g/mol. The van der Waals surface area contributed by atoms with Crippen molar-refractivity contribution in [2.75, 3.05) is 26.7 Å². The van der Waals surface area contributed by atoms with Gasteiger partial charge in [0.05, 0.1) is 6.54 Å². The van der Waals surface area contributed by atoms with Gasteiger partial charge in [-0.3, -0.25) is 14.6 Å². The molecule has 0 aromatic heterocycles. The molecule has 0 heterocycles. The first-order valence-electron chi connectivity index (χ1n) is 10.2. The predicted octanol–water partition coefficient (Wildman–Crippen LogP) is 2.21. The van der Waals surface area contributed by atoms with Crippen LogP contribution in [0.1, 0.15) is 54.9 Å². The van der Waals surface area contributed by atoms with Gasteiger partial charge in [0.2, 0.25) is 5.91 Å². The monoisotopic (exact) mass is 515 g/mol. The van der Waals surface area contributed by atoms with Crippen molar-refractivity contribution in [3.8, 4) is 0 Å². The number of carbonyl (C=O) groups excluding carboxylic acids is 2. The summed E-state index contributed by atoms with van der Waals surface area (Å²) in [5.41, 5.74) is 1.74. The lowest BCUT2D eigenvalue weighted by Crippen LogP contribution is -2.39. The normalized spacial score (nSPS) is 14.1. The number of aliphatic imine (C=N–C) groups is 1. The van der Waals surface area contributed by atoms with Crippen molar-refractivity contribution in [3.05, 3.63) is 35.4 Å². The summed E-state index contributed by atoms with van der Waals surface area (Å²) in [5.74, 6) is 0.705. The van der Waals surface area contributed by atoms with E-state index in [1.165, 1.54) is 12.8 Å². The highest BCUT2D eigenvalue weighted by molar-refractivity contribution is 14.0. The molecule has 162 valence electrons. The van der Waals surface area contributed by atoms with Crippen LogP contribution in [-0.4, -0.2) is 50.5 Å². The lowest BCUT2D eigenvalue weighted by Gasteiger charge is -2.13. The van der Waals surface area contributed by atoms with Gasteiger partial charge >= 0.3 is 0 Å². The van der Waals surface area contributed by atoms with Crippen LogP contribution in [0.3, 0.4) is 0 Å². The number of halogens is 1. The Labute approximate surface area is 190 Å². The van der Waals surface area contributed by atoms with Gasteiger partial charge in [-0.05, 0) is 43.9 Å². The lowest BCUT2D eigenvalue weighted by molar-refractivity contribution is -0.121. The summed E-state index contributed by atoms with van der Waals surface area (Å²) in [5, 5.41) is 12.2. The van der Waals surface area contributed by atoms with E-state index in [2.05, 4.69) is 26.3 Å². The van der Waals surface area contributed by atoms with E-state index >= 15 is 0 Å². The van der Waals surface area contributed by atoms with Crippen LogP contribution < -0.4 is 21.3 Å². The number of nitrogens with one attached hydrogen (secondary N) is 4. The molecule has 0 unspecified atom stereocenters. The Balaban J connectivity index is 0.00000420. The highest BCUT2D eigenvalue weighted by Gasteiger charge is 2.16. The second-order valence-electron chi connectivity index (χ2n) is 7.02. The second kappa shape index (κ2) is 14.2. The molecule has 0 saturated heterocycles. The van der Waals surface area contributed by atoms with Gasteiger partial charge in [0.15, 0.2) is 5.96 Å². The average Bonchev–Trinajstić information content (AvgIpc) is 3.20. The molecule has 0 aliphatic heterocycles. The molecule has 0 atom stereocenters. The van der Waals surface area contributed by atoms with Gasteiger partial charge in [0, 0.05) is 38.2 Å². The van der Waals surface area contributed by atoms with E-state index < -0.39 is 0 Å². The van der Waals surface area contributed by atoms with Crippen LogP contribution in [0.5, 0.6) is 0 Å². The van der Waals surface area contributed by atoms with Gasteiger partial charge in [0.1, 0.15) is 0 Å². The number of guanidine groups is 1. The van der Waals surface area contributed by atoms with Crippen LogP contribution in [0.15, 0.2) is 29.3 Å². The molecule has 1 aromatic carbocycles. The zero-order chi connectivity index (χ0) is 20.2. The van der Waals surface area contributed by atoms with E-state index in [1.807, 2.05) is 25.1 Å². The maximum atomic E-state index is 12.0. The Morgan fingerprint density at radius 1 is 1.17 bits per heavy atom. The molecule has 1 fully saturated rings. The van der Waals surface area contributed by atoms with E-state index in [0.717, 1.165) is 31.4 Å². The van der Waals surface area contributed by atoms with Crippen molar-refractivity contribution in [3.63, 3.8) is 0 Å². The summed E-state index contributed by atoms with van der Waals surface area (Å²) in [7, 11) is 1.63. The first-order valence-corrected chi connectivity index (χ1v) is 10.2. The molecule has 2 amide bonds. The van der Waals surface area contributed by atoms with Crippen LogP contribution in [0.2, 0.25) is 0 Å². The quantitative estimate of drug-likeness (QED) is 0.231. The van der Waals surface area contributed by atoms with Crippen molar-refractivity contribution in [2.45, 2.75) is 51.5 Å². The van der Waals surface area contributed by atoms with E-state index in [1.54, 1.807) is 13.1 Å². The van der Waals surface area contributed by atoms with Crippen molar-refractivity contribution in [2.24, 2.45) is 4.99 Å². The van der Waals surface area contributed by atoms with Crippen molar-refractivity contribution in [1.29, 1.82) is 0 Å². The summed E-state index contributed by atoms with van der Waals surface area (Å²) in [4.78, 5) is 28.2. The SMILES string of the molecule is CCNC(=NCCC(=O)NC1CCCC1)NCCc1cccc(C(=O)NC)c1.I. The number of benzene rings is 1. The van der Waals surface area contributed by atoms with Crippen LogP contribution >= 0.6 is 24.0 Å². The molecule has 0 radical (unpaired) electrons. The highest BCUT2D eigenvalue weighted by Crippen LogP contribution is 2.17. The van der Waals surface area contributed by atoms with E-state index in [4.69, 9.17) is 0 Å². The minimum Gasteiger partial charge on any atom is -0.357 e. The van der Waals surface area contributed by atoms with Gasteiger partial charge in [-0.1, -0.05) is 25.0 Å². The fraction of sp³-hybridized carbons (Fsp3) is 0.571. The maximum Gasteiger partial charge on any atom is 0.251 e. The Morgan fingerprint density at radius 2 is 1.93 bits per heavy atom. The first-order chi connectivity index (χ1) is 13.6. The largest absolute Gasteiger partial charge is 0.357 e. The molecule has 1 saturated carbocycles. The molecule has 1 aliphatic rings. The molecule has 0 bridgehead atoms. The predicted molar refractivity (Wildman–Crippen MR) is 128 cm³/mol. The minimum absolute atomic E-state index is 0. The fourth-order valence-corrected chi connectivity index (χ4v) is 3.32. The molecular formula is C21H34IN5O2. The van der Waals surface area contributed by atoms with Gasteiger partial charge in [-0.25, -0.2) is 0 Å². The molecule has 1 aliphatic carbocycles. The maximum absolute atomic E-state index is 12.0. The van der Waals surface area contributed by atoms with E-state index in [-0.39, 0.29) is 35.8 Å². The number of hydrogen-bond acceptors (Lipinski definition) is 3. The zero-order valence-electron chi connectivity index (χ0n) is 17.4. The third-order valence-electron chi connectivity index (χ3n) is 4.80. The number of carbonyl (C=O) groups is 2. The third kappa shape index (κ3) is 9.47. The second-order valence-corrected chi connectivity index (χ2v) is 7.02. The topological polar surface area (TPSA) is 94.6 Å². The van der Waals surface area contributed by atoms with E-state index in [9.17, 15) is 9.59 Å². The summed E-state index contributed by atoms with van der Waals surface area (Å²) < 4.78 is 0. The fourth-order valence-electron chi connectivity index (χ4n) is 3.32. The number of rotatable bonds is 9. The molecule has 1 aromatic rings. The summed E-state index contributed by atoms with van der Waals surface area (Å²) >= 11 is 0. The van der Waals surface area contributed by atoms with Gasteiger partial charge in [0.25, 0.3) is 5.91 Å². The van der Waals surface area contributed by atoms with Crippen LogP contribution in [0.25, 0.3) is 0 Å². The highest BCUT2D eigenvalue weighted by atomic mass is 127. The molecule has 8 heteroatoms. The van der Waals surface area contributed by atoms with Gasteiger partial charge in [-0.15, -0.1) is 24.0 Å². The smallest absolute Gasteiger partial charge is 0.251 e. The molecule has 7 nitrogen and oxygen atoms in total. The summed E-state index contributed by atoms with van der Waals surface area (Å²) in [6, 6.07) is 7.96. The van der Waals surface area contributed by atoms with Crippen LogP contribution in [0, 0.1) is 0 Å². The van der Waals surface area contributed by atoms with Gasteiger partial charge in [-0.2, -0.15) is 0 Å². The van der Waals surface area contributed by atoms with Gasteiger partial charge < -0.3 is 21.3 Å². The third-order valence-corrected chi connectivity index (χ3v) is 4.80. The molecule has 0 spiro atoms. The average molecular weight is 515 g/mol. The number of nitrogens with zero attached hydrogens (tertiary/aromatic N) is 1. The van der Waals surface area contributed by atoms with Crippen molar-refractivity contribution in [1.82, 2.24) is 21.3 Å². The Morgan fingerprint density at radius 3 is 2.62 bits per heavy atom. The van der Waals surface area contributed by atoms with E-state index in [0.29, 0.717) is 37.1 Å². The molecule has 2 rings (SSSR count). The Bertz CT molecular complexity index is 675. The van der Waals surface area contributed by atoms with Crippen LogP contribution in [-0.2, 0) is 11.2 Å². The lowest BCUT2D eigenvalue weighted by atomic mass is 10.1. The summed E-state index contributed by atoms with van der Waals surface area (Å²) in [6.07, 6.45) is 5.80. The van der Waals surface area contributed by atoms with Crippen LogP contribution in [0.4, 0.5) is 0 Å². The Kier molecular flexibility index (Phi) is 12.3. The summed E-state index contributed by atoms with van der Waals surface area (Å²) in [6.45, 7) is 3.92. The number of amides is 2. The molecule has 29 heavy (non-hydrogen) atoms. The first kappa shape index (κ1) is 25.2. The minimum atomic E-state index is -0.0828. The number of hydrogen-bond donors (Lipinski definition) is 4. The van der Waals surface area contributed by atoms with Crippen molar-refractivity contribution < 1.29 is 9.59 Å². The Hall–Kier alpha value is -1.84. The zero-order valence-corrected chi connectivity index (χ0v) is 19.8. The molecule has 4 N–H and O–H groups in total.